The predicted octanol–water partition coefficient (Wildman–Crippen LogP) is 2.26. The molecule has 0 spiro atoms. The fourth-order valence-corrected chi connectivity index (χ4v) is 2.78. The van der Waals surface area contributed by atoms with Gasteiger partial charge in [0.05, 0.1) is 22.3 Å². The van der Waals surface area contributed by atoms with Gasteiger partial charge < -0.3 is 0 Å². The minimum atomic E-state index is -3.73. The molecule has 18 heavy (non-hydrogen) atoms. The number of rotatable bonds is 3. The second-order valence-electron chi connectivity index (χ2n) is 4.76. The first-order valence-electron chi connectivity index (χ1n) is 5.14. The number of hydrogen-bond acceptors (Lipinski definition) is 3. The van der Waals surface area contributed by atoms with Crippen LogP contribution in [0.4, 0.5) is 5.69 Å². The average molecular weight is 288 g/mol. The molecule has 0 atom stereocenters. The monoisotopic (exact) mass is 287 g/mol. The van der Waals surface area contributed by atoms with Crippen molar-refractivity contribution in [3.05, 3.63) is 28.8 Å². The van der Waals surface area contributed by atoms with Gasteiger partial charge in [-0.3, -0.25) is 4.72 Å². The molecule has 0 aliphatic rings. The largest absolute Gasteiger partial charge is 0.299 e. The van der Waals surface area contributed by atoms with Gasteiger partial charge in [-0.15, -0.1) is 0 Å². The molecule has 1 aromatic rings. The highest BCUT2D eigenvalue weighted by atomic mass is 35.5. The number of nitrogens with zero attached hydrogens (tertiary/aromatic N) is 1. The first kappa shape index (κ1) is 14.8. The van der Waals surface area contributed by atoms with Gasteiger partial charge in [-0.1, -0.05) is 11.6 Å². The van der Waals surface area contributed by atoms with Crippen LogP contribution in [-0.2, 0) is 10.2 Å². The van der Waals surface area contributed by atoms with Gasteiger partial charge in [0.2, 0.25) is 0 Å². The van der Waals surface area contributed by atoms with E-state index >= 15 is 0 Å². The number of benzene rings is 1. The summed E-state index contributed by atoms with van der Waals surface area (Å²) in [5.74, 6) is 0. The summed E-state index contributed by atoms with van der Waals surface area (Å²) in [4.78, 5) is 0. The Morgan fingerprint density at radius 2 is 1.94 bits per heavy atom. The van der Waals surface area contributed by atoms with Crippen molar-refractivity contribution in [1.29, 1.82) is 5.26 Å². The minimum absolute atomic E-state index is 0.174. The smallest absolute Gasteiger partial charge is 0.270 e. The average Bonchev–Trinajstić information content (AvgIpc) is 2.17. The van der Waals surface area contributed by atoms with Gasteiger partial charge in [0.1, 0.15) is 0 Å². The van der Waals surface area contributed by atoms with Gasteiger partial charge in [-0.05, 0) is 39.0 Å². The van der Waals surface area contributed by atoms with Crippen LogP contribution < -0.4 is 9.44 Å². The molecule has 7 heteroatoms. The van der Waals surface area contributed by atoms with Gasteiger partial charge >= 0.3 is 0 Å². The van der Waals surface area contributed by atoms with Crippen LogP contribution >= 0.6 is 11.6 Å². The number of halogens is 1. The van der Waals surface area contributed by atoms with Crippen LogP contribution in [0.5, 0.6) is 0 Å². The Balaban J connectivity index is 3.01. The van der Waals surface area contributed by atoms with Crippen LogP contribution in [0.1, 0.15) is 26.3 Å². The SMILES string of the molecule is CC(C)(C)NS(=O)(=O)Nc1cc(C#N)ccc1Cl. The Labute approximate surface area is 112 Å². The van der Waals surface area contributed by atoms with Crippen molar-refractivity contribution in [3.63, 3.8) is 0 Å². The zero-order chi connectivity index (χ0) is 14.0. The summed E-state index contributed by atoms with van der Waals surface area (Å²) in [5.41, 5.74) is -0.106. The molecule has 0 aromatic heterocycles. The predicted molar refractivity (Wildman–Crippen MR) is 71.6 cm³/mol. The van der Waals surface area contributed by atoms with Crippen LogP contribution in [0.3, 0.4) is 0 Å². The Morgan fingerprint density at radius 3 is 2.44 bits per heavy atom. The van der Waals surface area contributed by atoms with Gasteiger partial charge in [0.25, 0.3) is 10.2 Å². The summed E-state index contributed by atoms with van der Waals surface area (Å²) in [7, 11) is -3.73. The fraction of sp³-hybridized carbons (Fsp3) is 0.364. The molecule has 98 valence electrons. The lowest BCUT2D eigenvalue weighted by atomic mass is 10.1. The Hall–Kier alpha value is -1.29. The van der Waals surface area contributed by atoms with E-state index in [1.807, 2.05) is 6.07 Å². The maximum Gasteiger partial charge on any atom is 0.299 e. The lowest BCUT2D eigenvalue weighted by Gasteiger charge is -2.21. The standard InChI is InChI=1S/C11H14ClN3O2S/c1-11(2,3)15-18(16,17)14-10-6-8(7-13)4-5-9(10)12/h4-6,14-15H,1-3H3. The van der Waals surface area contributed by atoms with E-state index in [-0.39, 0.29) is 10.7 Å². The Kier molecular flexibility index (Phi) is 4.22. The number of nitriles is 1. The van der Waals surface area contributed by atoms with E-state index in [2.05, 4.69) is 9.44 Å². The van der Waals surface area contributed by atoms with Crippen molar-refractivity contribution >= 4 is 27.5 Å². The highest BCUT2D eigenvalue weighted by Gasteiger charge is 2.20. The Morgan fingerprint density at radius 1 is 1.33 bits per heavy atom. The summed E-state index contributed by atoms with van der Waals surface area (Å²) in [6, 6.07) is 6.27. The van der Waals surface area contributed by atoms with E-state index in [0.717, 1.165) is 0 Å². The molecule has 1 rings (SSSR count). The second kappa shape index (κ2) is 5.14. The molecule has 0 heterocycles. The van der Waals surface area contributed by atoms with Gasteiger partial charge in [-0.25, -0.2) is 0 Å². The first-order valence-corrected chi connectivity index (χ1v) is 7.00. The summed E-state index contributed by atoms with van der Waals surface area (Å²) in [6.07, 6.45) is 0. The molecule has 0 saturated carbocycles. The van der Waals surface area contributed by atoms with Gasteiger partial charge in [0, 0.05) is 5.54 Å². The van der Waals surface area contributed by atoms with E-state index in [4.69, 9.17) is 16.9 Å². The molecule has 5 nitrogen and oxygen atoms in total. The highest BCUT2D eigenvalue weighted by molar-refractivity contribution is 7.90. The van der Waals surface area contributed by atoms with Crippen molar-refractivity contribution in [1.82, 2.24) is 4.72 Å². The lowest BCUT2D eigenvalue weighted by Crippen LogP contribution is -2.43. The van der Waals surface area contributed by atoms with Crippen molar-refractivity contribution in [2.45, 2.75) is 26.3 Å². The quantitative estimate of drug-likeness (QED) is 0.894. The van der Waals surface area contributed by atoms with Crippen molar-refractivity contribution in [2.75, 3.05) is 4.72 Å². The number of hydrogen-bond donors (Lipinski definition) is 2. The normalized spacial score (nSPS) is 11.9. The van der Waals surface area contributed by atoms with E-state index in [0.29, 0.717) is 5.56 Å². The molecule has 0 aliphatic heterocycles. The third-order valence-electron chi connectivity index (χ3n) is 1.78. The maximum atomic E-state index is 11.8. The first-order chi connectivity index (χ1) is 8.13. The minimum Gasteiger partial charge on any atom is -0.270 e. The molecule has 0 aliphatic carbocycles. The molecule has 2 N–H and O–H groups in total. The van der Waals surface area contributed by atoms with Crippen molar-refractivity contribution < 1.29 is 8.42 Å². The van der Waals surface area contributed by atoms with E-state index < -0.39 is 15.7 Å². The molecule has 0 radical (unpaired) electrons. The molecular formula is C11H14ClN3O2S. The summed E-state index contributed by atoms with van der Waals surface area (Å²) in [5, 5.41) is 8.98. The lowest BCUT2D eigenvalue weighted by molar-refractivity contribution is 0.494. The van der Waals surface area contributed by atoms with Gasteiger partial charge in [-0.2, -0.15) is 18.4 Å². The number of anilines is 1. The third-order valence-corrected chi connectivity index (χ3v) is 3.48. The zero-order valence-electron chi connectivity index (χ0n) is 10.3. The topological polar surface area (TPSA) is 82.0 Å². The van der Waals surface area contributed by atoms with Crippen LogP contribution in [0.2, 0.25) is 5.02 Å². The molecule has 0 bridgehead atoms. The Bertz CT molecular complexity index is 585. The van der Waals surface area contributed by atoms with Crippen LogP contribution in [0, 0.1) is 11.3 Å². The summed E-state index contributed by atoms with van der Waals surface area (Å²) < 4.78 is 28.3. The number of nitrogens with one attached hydrogen (secondary N) is 2. The van der Waals surface area contributed by atoms with E-state index in [1.54, 1.807) is 20.8 Å². The van der Waals surface area contributed by atoms with Gasteiger partial charge in [0.15, 0.2) is 0 Å². The molecule has 0 amide bonds. The van der Waals surface area contributed by atoms with Crippen molar-refractivity contribution in [2.24, 2.45) is 0 Å². The van der Waals surface area contributed by atoms with Crippen LogP contribution in [0.25, 0.3) is 0 Å². The second-order valence-corrected chi connectivity index (χ2v) is 6.59. The third kappa shape index (κ3) is 4.53. The van der Waals surface area contributed by atoms with E-state index in [9.17, 15) is 8.42 Å². The maximum absolute atomic E-state index is 11.8. The summed E-state index contributed by atoms with van der Waals surface area (Å²) in [6.45, 7) is 5.17. The summed E-state index contributed by atoms with van der Waals surface area (Å²) >= 11 is 5.87. The van der Waals surface area contributed by atoms with E-state index in [1.165, 1.54) is 18.2 Å². The molecule has 0 fully saturated rings. The molecule has 0 saturated heterocycles. The molecule has 0 unspecified atom stereocenters. The fourth-order valence-electron chi connectivity index (χ4n) is 1.25. The van der Waals surface area contributed by atoms with Crippen molar-refractivity contribution in [3.8, 4) is 6.07 Å². The molecule has 1 aromatic carbocycles. The molecular weight excluding hydrogens is 274 g/mol. The van der Waals surface area contributed by atoms with Crippen LogP contribution in [-0.4, -0.2) is 14.0 Å². The highest BCUT2D eigenvalue weighted by Crippen LogP contribution is 2.23. The zero-order valence-corrected chi connectivity index (χ0v) is 11.9. The van der Waals surface area contributed by atoms with Crippen LogP contribution in [0.15, 0.2) is 18.2 Å².